The van der Waals surface area contributed by atoms with E-state index in [2.05, 4.69) is 20.5 Å². The molecule has 2 rings (SSSR count). The van der Waals surface area contributed by atoms with Gasteiger partial charge in [-0.25, -0.2) is 5.10 Å². The number of hydrogen-bond acceptors (Lipinski definition) is 6. The summed E-state index contributed by atoms with van der Waals surface area (Å²) in [6, 6.07) is 6.95. The van der Waals surface area contributed by atoms with Gasteiger partial charge in [0.25, 0.3) is 0 Å². The van der Waals surface area contributed by atoms with Crippen molar-refractivity contribution in [2.45, 2.75) is 24.9 Å². The van der Waals surface area contributed by atoms with E-state index in [0.29, 0.717) is 16.5 Å². The summed E-state index contributed by atoms with van der Waals surface area (Å²) in [5.74, 6) is 1.21. The molecule has 7 nitrogen and oxygen atoms in total. The Bertz CT molecular complexity index is 687. The summed E-state index contributed by atoms with van der Waals surface area (Å²) in [6.07, 6.45) is 0.157. The number of carbonyl (C=O) groups excluding carboxylic acids is 2. The molecule has 0 saturated carbocycles. The zero-order valence-electron chi connectivity index (χ0n) is 13.0. The van der Waals surface area contributed by atoms with Crippen molar-refractivity contribution in [2.24, 2.45) is 0 Å². The molecular formula is C15H18N4O3S. The molecule has 23 heavy (non-hydrogen) atoms. The van der Waals surface area contributed by atoms with Crippen LogP contribution in [0.25, 0.3) is 0 Å². The molecule has 1 aromatic carbocycles. The predicted molar refractivity (Wildman–Crippen MR) is 88.0 cm³/mol. The molecule has 0 spiro atoms. The first-order valence-electron chi connectivity index (χ1n) is 7.15. The number of H-pyrrole nitrogens is 1. The van der Waals surface area contributed by atoms with Crippen molar-refractivity contribution in [1.82, 2.24) is 15.2 Å². The molecule has 0 radical (unpaired) electrons. The molecule has 1 aromatic heterocycles. The van der Waals surface area contributed by atoms with Gasteiger partial charge in [0.05, 0.1) is 12.7 Å². The molecule has 0 unspecified atom stereocenters. The fourth-order valence-corrected chi connectivity index (χ4v) is 2.45. The van der Waals surface area contributed by atoms with Crippen molar-refractivity contribution in [1.29, 1.82) is 0 Å². The second-order valence-electron chi connectivity index (χ2n) is 4.57. The Labute approximate surface area is 138 Å². The molecular weight excluding hydrogens is 316 g/mol. The quantitative estimate of drug-likeness (QED) is 0.569. The number of anilines is 1. The highest BCUT2D eigenvalue weighted by atomic mass is 32.2. The van der Waals surface area contributed by atoms with Crippen LogP contribution in [0, 0.1) is 0 Å². The van der Waals surface area contributed by atoms with Gasteiger partial charge < -0.3 is 4.74 Å². The minimum absolute atomic E-state index is 0.0633. The summed E-state index contributed by atoms with van der Waals surface area (Å²) in [6.45, 7) is 1.99. The topological polar surface area (TPSA) is 97.0 Å². The van der Waals surface area contributed by atoms with Crippen LogP contribution in [-0.2, 0) is 4.79 Å². The molecule has 0 atom stereocenters. The van der Waals surface area contributed by atoms with Crippen LogP contribution < -0.4 is 10.1 Å². The van der Waals surface area contributed by atoms with E-state index in [1.54, 1.807) is 24.3 Å². The van der Waals surface area contributed by atoms with Crippen LogP contribution in [0.4, 0.5) is 5.95 Å². The summed E-state index contributed by atoms with van der Waals surface area (Å²) < 4.78 is 5.15. The Morgan fingerprint density at radius 3 is 2.83 bits per heavy atom. The van der Waals surface area contributed by atoms with Crippen LogP contribution >= 0.6 is 11.8 Å². The van der Waals surface area contributed by atoms with Gasteiger partial charge in [0.1, 0.15) is 5.75 Å². The van der Waals surface area contributed by atoms with Gasteiger partial charge >= 0.3 is 0 Å². The number of nitrogens with zero attached hydrogens (tertiary/aromatic N) is 2. The largest absolute Gasteiger partial charge is 0.496 e. The van der Waals surface area contributed by atoms with Crippen molar-refractivity contribution >= 4 is 29.4 Å². The van der Waals surface area contributed by atoms with E-state index in [4.69, 9.17) is 4.74 Å². The molecule has 0 aliphatic heterocycles. The number of methoxy groups -OCH3 is 1. The number of amides is 1. The van der Waals surface area contributed by atoms with E-state index >= 15 is 0 Å². The monoisotopic (exact) mass is 334 g/mol. The van der Waals surface area contributed by atoms with Crippen LogP contribution in [0.1, 0.15) is 30.1 Å². The molecule has 0 saturated heterocycles. The molecule has 1 heterocycles. The van der Waals surface area contributed by atoms with E-state index in [1.165, 1.54) is 18.9 Å². The number of aromatic nitrogens is 3. The molecule has 8 heteroatoms. The number of rotatable bonds is 8. The maximum atomic E-state index is 12.2. The average Bonchev–Trinajstić information content (AvgIpc) is 3.00. The fraction of sp³-hybridized carbons (Fsp3) is 0.333. The number of nitrogens with one attached hydrogen (secondary N) is 2. The number of carbonyl (C=O) groups is 2. The van der Waals surface area contributed by atoms with Crippen molar-refractivity contribution in [3.63, 3.8) is 0 Å². The summed E-state index contributed by atoms with van der Waals surface area (Å²) in [4.78, 5) is 28.2. The molecule has 0 aliphatic carbocycles. The van der Waals surface area contributed by atoms with Gasteiger partial charge in [0, 0.05) is 12.8 Å². The first-order valence-corrected chi connectivity index (χ1v) is 8.14. The Balaban J connectivity index is 1.87. The van der Waals surface area contributed by atoms with Crippen molar-refractivity contribution in [3.8, 4) is 5.75 Å². The Morgan fingerprint density at radius 2 is 2.09 bits per heavy atom. The number of ether oxygens (including phenoxy) is 1. The van der Waals surface area contributed by atoms with E-state index in [-0.39, 0.29) is 30.5 Å². The second-order valence-corrected chi connectivity index (χ2v) is 5.80. The van der Waals surface area contributed by atoms with Crippen LogP contribution in [0.2, 0.25) is 0 Å². The number of aromatic amines is 1. The number of benzene rings is 1. The SMILES string of the molecule is CCSc1n[nH]c(NC(=O)CCC(=O)c2ccccc2OC)n1. The van der Waals surface area contributed by atoms with Crippen molar-refractivity contribution in [2.75, 3.05) is 18.2 Å². The Kier molecular flexibility index (Phi) is 6.16. The van der Waals surface area contributed by atoms with E-state index in [0.717, 1.165) is 5.75 Å². The maximum absolute atomic E-state index is 12.2. The zero-order chi connectivity index (χ0) is 16.7. The fourth-order valence-electron chi connectivity index (χ4n) is 1.93. The smallest absolute Gasteiger partial charge is 0.227 e. The standard InChI is InChI=1S/C15H18N4O3S/c1-3-23-15-17-14(18-19-15)16-13(21)9-8-11(20)10-6-4-5-7-12(10)22-2/h4-7H,3,8-9H2,1-2H3,(H2,16,17,18,19,21). The van der Waals surface area contributed by atoms with E-state index in [1.807, 2.05) is 6.92 Å². The third-order valence-corrected chi connectivity index (χ3v) is 3.71. The van der Waals surface area contributed by atoms with E-state index < -0.39 is 0 Å². The van der Waals surface area contributed by atoms with Crippen LogP contribution in [-0.4, -0.2) is 39.7 Å². The van der Waals surface area contributed by atoms with Crippen molar-refractivity contribution < 1.29 is 14.3 Å². The highest BCUT2D eigenvalue weighted by Gasteiger charge is 2.14. The first-order chi connectivity index (χ1) is 11.1. The average molecular weight is 334 g/mol. The normalized spacial score (nSPS) is 10.3. The minimum Gasteiger partial charge on any atom is -0.496 e. The summed E-state index contributed by atoms with van der Waals surface area (Å²) in [5.41, 5.74) is 0.476. The first kappa shape index (κ1) is 17.0. The van der Waals surface area contributed by atoms with Gasteiger partial charge in [-0.1, -0.05) is 30.8 Å². The number of thioether (sulfide) groups is 1. The summed E-state index contributed by atoms with van der Waals surface area (Å²) in [5, 5.41) is 9.76. The molecule has 0 aliphatic rings. The molecule has 2 N–H and O–H groups in total. The van der Waals surface area contributed by atoms with Crippen LogP contribution in [0.3, 0.4) is 0 Å². The van der Waals surface area contributed by atoms with Crippen LogP contribution in [0.5, 0.6) is 5.75 Å². The summed E-state index contributed by atoms with van der Waals surface area (Å²) in [7, 11) is 1.51. The van der Waals surface area contributed by atoms with E-state index in [9.17, 15) is 9.59 Å². The lowest BCUT2D eigenvalue weighted by Crippen LogP contribution is -2.14. The molecule has 0 fully saturated rings. The minimum atomic E-state index is -0.294. The maximum Gasteiger partial charge on any atom is 0.227 e. The Hall–Kier alpha value is -2.35. The lowest BCUT2D eigenvalue weighted by atomic mass is 10.1. The molecule has 122 valence electrons. The predicted octanol–water partition coefficient (Wildman–Crippen LogP) is 2.53. The van der Waals surface area contributed by atoms with Gasteiger partial charge in [0.15, 0.2) is 5.78 Å². The number of hydrogen-bond donors (Lipinski definition) is 2. The van der Waals surface area contributed by atoms with Gasteiger partial charge in [-0.05, 0) is 17.9 Å². The van der Waals surface area contributed by atoms with Gasteiger partial charge in [-0.15, -0.1) is 5.10 Å². The number of para-hydroxylation sites is 1. The Morgan fingerprint density at radius 1 is 1.30 bits per heavy atom. The number of ketones is 1. The molecule has 0 bridgehead atoms. The lowest BCUT2D eigenvalue weighted by Gasteiger charge is -2.06. The third kappa shape index (κ3) is 4.82. The van der Waals surface area contributed by atoms with Gasteiger partial charge in [-0.3, -0.25) is 14.9 Å². The van der Waals surface area contributed by atoms with Gasteiger partial charge in [-0.2, -0.15) is 4.98 Å². The second kappa shape index (κ2) is 8.33. The third-order valence-electron chi connectivity index (χ3n) is 2.98. The highest BCUT2D eigenvalue weighted by Crippen LogP contribution is 2.19. The van der Waals surface area contributed by atoms with Crippen molar-refractivity contribution in [3.05, 3.63) is 29.8 Å². The molecule has 1 amide bonds. The summed E-state index contributed by atoms with van der Waals surface area (Å²) >= 11 is 1.47. The lowest BCUT2D eigenvalue weighted by molar-refractivity contribution is -0.116. The van der Waals surface area contributed by atoms with Gasteiger partial charge in [0.2, 0.25) is 17.0 Å². The number of Topliss-reactive ketones (excluding diaryl/α,β-unsaturated/α-hetero) is 1. The molecule has 2 aromatic rings. The van der Waals surface area contributed by atoms with Crippen LogP contribution in [0.15, 0.2) is 29.4 Å². The highest BCUT2D eigenvalue weighted by molar-refractivity contribution is 7.99. The zero-order valence-corrected chi connectivity index (χ0v) is 13.8.